The molecule has 0 radical (unpaired) electrons. The predicted molar refractivity (Wildman–Crippen MR) is 94.5 cm³/mol. The fraction of sp³-hybridized carbons (Fsp3) is 0.600. The van der Waals surface area contributed by atoms with Crippen LogP contribution in [0.25, 0.3) is 0 Å². The van der Waals surface area contributed by atoms with Gasteiger partial charge in [0.2, 0.25) is 10.0 Å². The van der Waals surface area contributed by atoms with E-state index in [1.54, 1.807) is 18.2 Å². The smallest absolute Gasteiger partial charge is 0.241 e. The molecule has 1 aromatic carbocycles. The summed E-state index contributed by atoms with van der Waals surface area (Å²) in [6, 6.07) is 5.09. The molecule has 7 heteroatoms. The molecule has 1 N–H and O–H groups in total. The van der Waals surface area contributed by atoms with Crippen LogP contribution < -0.4 is 4.72 Å². The van der Waals surface area contributed by atoms with E-state index >= 15 is 0 Å². The molecule has 1 aliphatic carbocycles. The zero-order valence-electron chi connectivity index (χ0n) is 12.4. The molecule has 0 aliphatic heterocycles. The normalized spacial score (nSPS) is 16.8. The van der Waals surface area contributed by atoms with Gasteiger partial charge in [-0.25, -0.2) is 13.1 Å². The molecular weight excluding hydrogens is 434 g/mol. The van der Waals surface area contributed by atoms with Crippen LogP contribution >= 0.6 is 31.9 Å². The lowest BCUT2D eigenvalue weighted by Gasteiger charge is -2.21. The SMILES string of the molecule is O=S(=O)(NCCCOC1CCCCC1)c1cc(Br)ccc1Br. The van der Waals surface area contributed by atoms with Gasteiger partial charge in [0.05, 0.1) is 11.0 Å². The molecule has 1 saturated carbocycles. The highest BCUT2D eigenvalue weighted by Crippen LogP contribution is 2.25. The summed E-state index contributed by atoms with van der Waals surface area (Å²) in [4.78, 5) is 0.245. The van der Waals surface area contributed by atoms with Crippen molar-refractivity contribution in [2.24, 2.45) is 0 Å². The Kier molecular flexibility index (Phi) is 7.34. The van der Waals surface area contributed by atoms with E-state index in [1.165, 1.54) is 19.3 Å². The van der Waals surface area contributed by atoms with Gasteiger partial charge >= 0.3 is 0 Å². The van der Waals surface area contributed by atoms with Crippen molar-refractivity contribution >= 4 is 41.9 Å². The lowest BCUT2D eigenvalue weighted by molar-refractivity contribution is 0.0278. The van der Waals surface area contributed by atoms with Gasteiger partial charge in [-0.1, -0.05) is 35.2 Å². The van der Waals surface area contributed by atoms with Crippen LogP contribution in [0.2, 0.25) is 0 Å². The molecule has 0 aromatic heterocycles. The minimum Gasteiger partial charge on any atom is -0.378 e. The summed E-state index contributed by atoms with van der Waals surface area (Å²) in [6.07, 6.45) is 7.11. The molecule has 1 fully saturated rings. The molecule has 0 amide bonds. The van der Waals surface area contributed by atoms with Gasteiger partial charge in [0, 0.05) is 22.1 Å². The quantitative estimate of drug-likeness (QED) is 0.627. The Morgan fingerprint density at radius 1 is 1.18 bits per heavy atom. The molecule has 1 aromatic rings. The van der Waals surface area contributed by atoms with E-state index in [-0.39, 0.29) is 4.90 Å². The van der Waals surface area contributed by atoms with E-state index in [0.29, 0.717) is 30.1 Å². The van der Waals surface area contributed by atoms with Gasteiger partial charge in [0.15, 0.2) is 0 Å². The Hall–Kier alpha value is 0.0500. The first-order valence-corrected chi connectivity index (χ1v) is 10.6. The van der Waals surface area contributed by atoms with Crippen molar-refractivity contribution in [3.8, 4) is 0 Å². The first kappa shape index (κ1) is 18.4. The third-order valence-corrected chi connectivity index (χ3v) is 6.65. The zero-order chi connectivity index (χ0) is 16.0. The Bertz CT molecular complexity index is 586. The van der Waals surface area contributed by atoms with Gasteiger partial charge in [-0.15, -0.1) is 0 Å². The van der Waals surface area contributed by atoms with Crippen molar-refractivity contribution in [3.05, 3.63) is 27.1 Å². The number of sulfonamides is 1. The van der Waals surface area contributed by atoms with E-state index in [9.17, 15) is 8.42 Å². The summed E-state index contributed by atoms with van der Waals surface area (Å²) in [7, 11) is -3.50. The van der Waals surface area contributed by atoms with Crippen LogP contribution in [-0.2, 0) is 14.8 Å². The average Bonchev–Trinajstić information content (AvgIpc) is 2.50. The van der Waals surface area contributed by atoms with Crippen molar-refractivity contribution < 1.29 is 13.2 Å². The van der Waals surface area contributed by atoms with Crippen LogP contribution in [0.1, 0.15) is 38.5 Å². The van der Waals surface area contributed by atoms with Gasteiger partial charge in [0.25, 0.3) is 0 Å². The molecule has 124 valence electrons. The van der Waals surface area contributed by atoms with Gasteiger partial charge in [-0.2, -0.15) is 0 Å². The molecule has 0 atom stereocenters. The molecule has 4 nitrogen and oxygen atoms in total. The van der Waals surface area contributed by atoms with Crippen LogP contribution in [0.4, 0.5) is 0 Å². The summed E-state index contributed by atoms with van der Waals surface area (Å²) in [5.74, 6) is 0. The van der Waals surface area contributed by atoms with Crippen LogP contribution in [0.15, 0.2) is 32.0 Å². The third-order valence-electron chi connectivity index (χ3n) is 3.70. The van der Waals surface area contributed by atoms with Crippen molar-refractivity contribution in [1.29, 1.82) is 0 Å². The number of rotatable bonds is 7. The largest absolute Gasteiger partial charge is 0.378 e. The fourth-order valence-corrected chi connectivity index (χ4v) is 5.10. The Labute approximate surface area is 149 Å². The number of hydrogen-bond acceptors (Lipinski definition) is 3. The molecule has 0 unspecified atom stereocenters. The van der Waals surface area contributed by atoms with Crippen LogP contribution in [0, 0.1) is 0 Å². The van der Waals surface area contributed by atoms with Crippen molar-refractivity contribution in [1.82, 2.24) is 4.72 Å². The highest BCUT2D eigenvalue weighted by Gasteiger charge is 2.18. The number of benzene rings is 1. The van der Waals surface area contributed by atoms with Gasteiger partial charge in [0.1, 0.15) is 0 Å². The summed E-state index contributed by atoms with van der Waals surface area (Å²) >= 11 is 6.57. The maximum atomic E-state index is 12.3. The summed E-state index contributed by atoms with van der Waals surface area (Å²) in [6.45, 7) is 0.987. The topological polar surface area (TPSA) is 55.4 Å². The molecule has 0 bridgehead atoms. The number of ether oxygens (including phenoxy) is 1. The highest BCUT2D eigenvalue weighted by atomic mass is 79.9. The molecule has 0 spiro atoms. The summed E-state index contributed by atoms with van der Waals surface area (Å²) in [5.41, 5.74) is 0. The lowest BCUT2D eigenvalue weighted by Crippen LogP contribution is -2.26. The van der Waals surface area contributed by atoms with E-state index in [0.717, 1.165) is 17.3 Å². The third kappa shape index (κ3) is 5.60. The van der Waals surface area contributed by atoms with Crippen LogP contribution in [0.5, 0.6) is 0 Å². The second-order valence-corrected chi connectivity index (χ2v) is 8.96. The molecule has 0 heterocycles. The van der Waals surface area contributed by atoms with E-state index in [1.807, 2.05) is 0 Å². The summed E-state index contributed by atoms with van der Waals surface area (Å²) < 4.78 is 34.2. The van der Waals surface area contributed by atoms with Crippen LogP contribution in [0.3, 0.4) is 0 Å². The van der Waals surface area contributed by atoms with E-state index in [2.05, 4.69) is 36.6 Å². The van der Waals surface area contributed by atoms with E-state index in [4.69, 9.17) is 4.74 Å². The Balaban J connectivity index is 1.76. The zero-order valence-corrected chi connectivity index (χ0v) is 16.3. The average molecular weight is 455 g/mol. The number of halogens is 2. The van der Waals surface area contributed by atoms with E-state index < -0.39 is 10.0 Å². The number of nitrogens with one attached hydrogen (secondary N) is 1. The molecular formula is C15H21Br2NO3S. The van der Waals surface area contributed by atoms with Crippen molar-refractivity contribution in [2.75, 3.05) is 13.2 Å². The molecule has 2 rings (SSSR count). The van der Waals surface area contributed by atoms with Gasteiger partial charge in [-0.3, -0.25) is 0 Å². The number of hydrogen-bond donors (Lipinski definition) is 1. The molecule has 22 heavy (non-hydrogen) atoms. The molecule has 1 aliphatic rings. The van der Waals surface area contributed by atoms with Crippen molar-refractivity contribution in [3.63, 3.8) is 0 Å². The van der Waals surface area contributed by atoms with Crippen LogP contribution in [-0.4, -0.2) is 27.7 Å². The van der Waals surface area contributed by atoms with Gasteiger partial charge < -0.3 is 4.74 Å². The standard InChI is InChI=1S/C15H21Br2NO3S/c16-12-7-8-14(17)15(11-12)22(19,20)18-9-4-10-21-13-5-2-1-3-6-13/h7-8,11,13,18H,1-6,9-10H2. The minimum atomic E-state index is -3.50. The summed E-state index contributed by atoms with van der Waals surface area (Å²) in [5, 5.41) is 0. The second kappa shape index (κ2) is 8.78. The first-order chi connectivity index (χ1) is 10.5. The minimum absolute atomic E-state index is 0.245. The second-order valence-electron chi connectivity index (χ2n) is 5.46. The fourth-order valence-electron chi connectivity index (χ4n) is 2.52. The highest BCUT2D eigenvalue weighted by molar-refractivity contribution is 9.11. The maximum Gasteiger partial charge on any atom is 0.241 e. The lowest BCUT2D eigenvalue weighted by atomic mass is 9.98. The Morgan fingerprint density at radius 2 is 1.91 bits per heavy atom. The maximum absolute atomic E-state index is 12.3. The predicted octanol–water partition coefficient (Wildman–Crippen LogP) is 4.23. The van der Waals surface area contributed by atoms with Gasteiger partial charge in [-0.05, 0) is 53.4 Å². The molecule has 0 saturated heterocycles. The first-order valence-electron chi connectivity index (χ1n) is 7.55. The Morgan fingerprint density at radius 3 is 2.64 bits per heavy atom. The monoisotopic (exact) mass is 453 g/mol. The van der Waals surface area contributed by atoms with Crippen molar-refractivity contribution in [2.45, 2.75) is 49.5 Å².